The second-order valence-electron chi connectivity index (χ2n) is 3.54. The zero-order valence-corrected chi connectivity index (χ0v) is 10.4. The van der Waals surface area contributed by atoms with Gasteiger partial charge in [-0.2, -0.15) is 17.7 Å². The highest BCUT2D eigenvalue weighted by atomic mass is 32.1. The van der Waals surface area contributed by atoms with Crippen molar-refractivity contribution < 1.29 is 0 Å². The molecule has 2 rings (SSSR count). The van der Waals surface area contributed by atoms with Crippen LogP contribution >= 0.6 is 12.6 Å². The molecule has 0 saturated carbocycles. The standard InChI is InChI=1S/C9H10N2S.C3H8/c1-6(12)9-7-4-2-3-5-8(7)10-11-9;1-3-2/h2-6,12H,1H3,(H,10,11);3H2,1-2H3. The Balaban J connectivity index is 0.000000337. The zero-order chi connectivity index (χ0) is 11.3. The lowest BCUT2D eigenvalue weighted by atomic mass is 10.2. The molecule has 15 heavy (non-hydrogen) atoms. The lowest BCUT2D eigenvalue weighted by molar-refractivity contribution is 0.975. The molecule has 2 aromatic rings. The van der Waals surface area contributed by atoms with Crippen LogP contribution in [0.4, 0.5) is 0 Å². The first kappa shape index (κ1) is 12.1. The van der Waals surface area contributed by atoms with Crippen molar-refractivity contribution in [3.63, 3.8) is 0 Å². The number of nitrogens with zero attached hydrogens (tertiary/aromatic N) is 1. The summed E-state index contributed by atoms with van der Waals surface area (Å²) in [5.41, 5.74) is 2.10. The summed E-state index contributed by atoms with van der Waals surface area (Å²) < 4.78 is 0. The van der Waals surface area contributed by atoms with E-state index in [1.807, 2.05) is 25.1 Å². The molecule has 2 nitrogen and oxygen atoms in total. The molecule has 1 atom stereocenters. The van der Waals surface area contributed by atoms with Gasteiger partial charge in [0.15, 0.2) is 0 Å². The van der Waals surface area contributed by atoms with Crippen molar-refractivity contribution in [2.24, 2.45) is 0 Å². The molecule has 3 heteroatoms. The fourth-order valence-corrected chi connectivity index (χ4v) is 1.49. The Morgan fingerprint density at radius 1 is 1.33 bits per heavy atom. The first-order valence-electron chi connectivity index (χ1n) is 5.31. The van der Waals surface area contributed by atoms with E-state index in [0.29, 0.717) is 0 Å². The number of fused-ring (bicyclic) bond motifs is 1. The van der Waals surface area contributed by atoms with Gasteiger partial charge in [-0.25, -0.2) is 0 Å². The highest BCUT2D eigenvalue weighted by Crippen LogP contribution is 2.24. The summed E-state index contributed by atoms with van der Waals surface area (Å²) in [5.74, 6) is 0. The van der Waals surface area contributed by atoms with Crippen molar-refractivity contribution in [2.45, 2.75) is 32.4 Å². The minimum Gasteiger partial charge on any atom is -0.280 e. The SMILES string of the molecule is CC(S)c1[nH]nc2ccccc12.CCC. The minimum absolute atomic E-state index is 0.206. The van der Waals surface area contributed by atoms with Crippen LogP contribution in [0.5, 0.6) is 0 Å². The number of benzene rings is 1. The summed E-state index contributed by atoms with van der Waals surface area (Å²) in [6.07, 6.45) is 1.25. The molecule has 1 unspecified atom stereocenters. The first-order chi connectivity index (χ1) is 7.20. The van der Waals surface area contributed by atoms with Gasteiger partial charge in [0.2, 0.25) is 0 Å². The largest absolute Gasteiger partial charge is 0.280 e. The highest BCUT2D eigenvalue weighted by molar-refractivity contribution is 7.80. The zero-order valence-electron chi connectivity index (χ0n) is 9.49. The summed E-state index contributed by atoms with van der Waals surface area (Å²) in [7, 11) is 0. The molecule has 1 aromatic heterocycles. The number of hydrogen-bond acceptors (Lipinski definition) is 2. The topological polar surface area (TPSA) is 28.7 Å². The van der Waals surface area contributed by atoms with Crippen LogP contribution in [0.1, 0.15) is 38.1 Å². The summed E-state index contributed by atoms with van der Waals surface area (Å²) >= 11 is 4.36. The number of nitrogens with one attached hydrogen (secondary N) is 1. The summed E-state index contributed by atoms with van der Waals surface area (Å²) in [6.45, 7) is 6.28. The molecule has 0 aliphatic carbocycles. The number of aromatic amines is 1. The predicted octanol–water partition coefficient (Wildman–Crippen LogP) is 3.97. The van der Waals surface area contributed by atoms with E-state index in [2.05, 4.69) is 42.7 Å². The second-order valence-corrected chi connectivity index (χ2v) is 4.31. The molecule has 1 N–H and O–H groups in total. The molecular formula is C12H18N2S. The fourth-order valence-electron chi connectivity index (χ4n) is 1.30. The fraction of sp³-hybridized carbons (Fsp3) is 0.417. The van der Waals surface area contributed by atoms with Crippen molar-refractivity contribution >= 4 is 23.5 Å². The van der Waals surface area contributed by atoms with Crippen LogP contribution in [0.25, 0.3) is 10.9 Å². The van der Waals surface area contributed by atoms with Crippen LogP contribution in [0.15, 0.2) is 24.3 Å². The maximum absolute atomic E-state index is 4.36. The molecule has 0 radical (unpaired) electrons. The van der Waals surface area contributed by atoms with Gasteiger partial charge in [0.1, 0.15) is 0 Å². The highest BCUT2D eigenvalue weighted by Gasteiger charge is 2.07. The van der Waals surface area contributed by atoms with Crippen molar-refractivity contribution in [1.82, 2.24) is 10.2 Å². The molecule has 0 saturated heterocycles. The molecule has 0 spiro atoms. The van der Waals surface area contributed by atoms with Crippen LogP contribution in [0, 0.1) is 0 Å². The monoisotopic (exact) mass is 222 g/mol. The van der Waals surface area contributed by atoms with E-state index < -0.39 is 0 Å². The van der Waals surface area contributed by atoms with E-state index in [4.69, 9.17) is 0 Å². The van der Waals surface area contributed by atoms with Gasteiger partial charge in [-0.1, -0.05) is 38.5 Å². The van der Waals surface area contributed by atoms with Crippen LogP contribution in [0.3, 0.4) is 0 Å². The van der Waals surface area contributed by atoms with Gasteiger partial charge in [0, 0.05) is 10.6 Å². The maximum Gasteiger partial charge on any atom is 0.0924 e. The lowest BCUT2D eigenvalue weighted by Crippen LogP contribution is -1.84. The number of para-hydroxylation sites is 1. The van der Waals surface area contributed by atoms with Gasteiger partial charge >= 0.3 is 0 Å². The van der Waals surface area contributed by atoms with E-state index >= 15 is 0 Å². The van der Waals surface area contributed by atoms with E-state index in [0.717, 1.165) is 11.2 Å². The summed E-state index contributed by atoms with van der Waals surface area (Å²) in [4.78, 5) is 0. The second kappa shape index (κ2) is 5.81. The number of H-pyrrole nitrogens is 1. The van der Waals surface area contributed by atoms with Crippen LogP contribution in [-0.2, 0) is 0 Å². The van der Waals surface area contributed by atoms with E-state index in [-0.39, 0.29) is 5.25 Å². The van der Waals surface area contributed by atoms with Crippen molar-refractivity contribution in [3.8, 4) is 0 Å². The number of aromatic nitrogens is 2. The van der Waals surface area contributed by atoms with Gasteiger partial charge in [-0.3, -0.25) is 5.10 Å². The average molecular weight is 222 g/mol. The number of hydrogen-bond donors (Lipinski definition) is 2. The van der Waals surface area contributed by atoms with Gasteiger partial charge in [0.25, 0.3) is 0 Å². The molecule has 1 heterocycles. The Morgan fingerprint density at radius 3 is 2.53 bits per heavy atom. The van der Waals surface area contributed by atoms with Crippen LogP contribution in [0.2, 0.25) is 0 Å². The Hall–Kier alpha value is -0.960. The molecule has 1 aromatic carbocycles. The Kier molecular flexibility index (Phi) is 4.69. The Labute approximate surface area is 96.5 Å². The molecule has 0 aliphatic rings. The Bertz CT molecular complexity index is 407. The maximum atomic E-state index is 4.36. The van der Waals surface area contributed by atoms with E-state index in [1.165, 1.54) is 11.8 Å². The number of thiol groups is 1. The third kappa shape index (κ3) is 2.99. The molecule has 82 valence electrons. The summed E-state index contributed by atoms with van der Waals surface area (Å²) in [5, 5.41) is 8.53. The molecule has 0 fully saturated rings. The minimum atomic E-state index is 0.206. The number of rotatable bonds is 1. The molecule has 0 bridgehead atoms. The van der Waals surface area contributed by atoms with Gasteiger partial charge < -0.3 is 0 Å². The van der Waals surface area contributed by atoms with Crippen molar-refractivity contribution in [2.75, 3.05) is 0 Å². The quantitative estimate of drug-likeness (QED) is 0.702. The third-order valence-electron chi connectivity index (χ3n) is 1.91. The van der Waals surface area contributed by atoms with Crippen molar-refractivity contribution in [1.29, 1.82) is 0 Å². The summed E-state index contributed by atoms with van der Waals surface area (Å²) in [6, 6.07) is 8.04. The lowest BCUT2D eigenvalue weighted by Gasteiger charge is -1.99. The predicted molar refractivity (Wildman–Crippen MR) is 69.5 cm³/mol. The third-order valence-corrected chi connectivity index (χ3v) is 2.17. The molecule has 0 amide bonds. The first-order valence-corrected chi connectivity index (χ1v) is 5.83. The van der Waals surface area contributed by atoms with Crippen molar-refractivity contribution in [3.05, 3.63) is 30.0 Å². The average Bonchev–Trinajstić information content (AvgIpc) is 2.62. The molecule has 0 aliphatic heterocycles. The van der Waals surface area contributed by atoms with Crippen LogP contribution < -0.4 is 0 Å². The Morgan fingerprint density at radius 2 is 1.93 bits per heavy atom. The van der Waals surface area contributed by atoms with E-state index in [9.17, 15) is 0 Å². The van der Waals surface area contributed by atoms with E-state index in [1.54, 1.807) is 0 Å². The van der Waals surface area contributed by atoms with Gasteiger partial charge in [-0.05, 0) is 13.0 Å². The normalized spacial score (nSPS) is 12.0. The van der Waals surface area contributed by atoms with Gasteiger partial charge in [0.05, 0.1) is 11.2 Å². The molecular weight excluding hydrogens is 204 g/mol. The van der Waals surface area contributed by atoms with Gasteiger partial charge in [-0.15, -0.1) is 0 Å². The van der Waals surface area contributed by atoms with Crippen LogP contribution in [-0.4, -0.2) is 10.2 Å². The smallest absolute Gasteiger partial charge is 0.0924 e.